The molecule has 26 heavy (non-hydrogen) atoms. The number of allylic oxidation sites excluding steroid dienone is 2. The van der Waals surface area contributed by atoms with Crippen LogP contribution in [0.2, 0.25) is 0 Å². The molecule has 134 valence electrons. The minimum Gasteiger partial charge on any atom is -1.00 e. The zero-order valence-electron chi connectivity index (χ0n) is 15.5. The van der Waals surface area contributed by atoms with E-state index in [4.69, 9.17) is 0 Å². The van der Waals surface area contributed by atoms with Gasteiger partial charge in [0.25, 0.3) is 0 Å². The van der Waals surface area contributed by atoms with Crippen LogP contribution < -0.4 is 27.6 Å². The van der Waals surface area contributed by atoms with Crippen LogP contribution in [0.1, 0.15) is 18.1 Å². The van der Waals surface area contributed by atoms with Crippen molar-refractivity contribution in [3.63, 3.8) is 0 Å². The Morgan fingerprint density at radius 3 is 1.85 bits per heavy atom. The van der Waals surface area contributed by atoms with E-state index in [0.717, 1.165) is 12.3 Å². The predicted molar refractivity (Wildman–Crippen MR) is 114 cm³/mol. The SMILES string of the molecule is C/C=C/C[P+](Cc1cccc(C)c1)(c1ccccc1)c1ccccc1.[Br-]. The second-order valence-electron chi connectivity index (χ2n) is 6.54. The lowest BCUT2D eigenvalue weighted by atomic mass is 10.2. The molecule has 0 aliphatic heterocycles. The van der Waals surface area contributed by atoms with Crippen LogP contribution in [0, 0.1) is 6.92 Å². The normalized spacial score (nSPS) is 11.3. The van der Waals surface area contributed by atoms with E-state index in [2.05, 4.69) is 111 Å². The van der Waals surface area contributed by atoms with Crippen molar-refractivity contribution in [3.05, 3.63) is 108 Å². The Bertz CT molecular complexity index is 786. The topological polar surface area (TPSA) is 0 Å². The van der Waals surface area contributed by atoms with Gasteiger partial charge < -0.3 is 17.0 Å². The Balaban J connectivity index is 0.00000243. The van der Waals surface area contributed by atoms with Gasteiger partial charge in [0.05, 0.1) is 30.2 Å². The maximum atomic E-state index is 2.35. The predicted octanol–water partition coefficient (Wildman–Crippen LogP) is 2.74. The van der Waals surface area contributed by atoms with Gasteiger partial charge in [0, 0.05) is 0 Å². The lowest BCUT2D eigenvalue weighted by Gasteiger charge is -2.27. The van der Waals surface area contributed by atoms with Crippen molar-refractivity contribution in [2.24, 2.45) is 0 Å². The molecule has 0 atom stereocenters. The summed E-state index contributed by atoms with van der Waals surface area (Å²) in [4.78, 5) is 0. The lowest BCUT2D eigenvalue weighted by Crippen LogP contribution is -3.00. The zero-order valence-corrected chi connectivity index (χ0v) is 18.0. The third kappa shape index (κ3) is 4.72. The summed E-state index contributed by atoms with van der Waals surface area (Å²) in [5, 5.41) is 2.97. The zero-order chi connectivity index (χ0) is 17.5. The fourth-order valence-corrected chi connectivity index (χ4v) is 7.53. The Morgan fingerprint density at radius 2 is 1.35 bits per heavy atom. The molecule has 0 radical (unpaired) electrons. The van der Waals surface area contributed by atoms with Crippen molar-refractivity contribution in [3.8, 4) is 0 Å². The van der Waals surface area contributed by atoms with Crippen LogP contribution in [0.5, 0.6) is 0 Å². The molecule has 0 bridgehead atoms. The maximum Gasteiger partial charge on any atom is 0.0998 e. The molecule has 0 amide bonds. The van der Waals surface area contributed by atoms with Gasteiger partial charge >= 0.3 is 0 Å². The maximum absolute atomic E-state index is 2.35. The highest BCUT2D eigenvalue weighted by Crippen LogP contribution is 2.59. The minimum atomic E-state index is -1.55. The first-order chi connectivity index (χ1) is 12.2. The minimum absolute atomic E-state index is 0. The van der Waals surface area contributed by atoms with Crippen LogP contribution in [0.3, 0.4) is 0 Å². The van der Waals surface area contributed by atoms with Crippen LogP contribution in [0.4, 0.5) is 0 Å². The average Bonchev–Trinajstić information content (AvgIpc) is 2.67. The number of aryl methyl sites for hydroxylation is 1. The molecule has 0 aliphatic rings. The van der Waals surface area contributed by atoms with Gasteiger partial charge in [0.15, 0.2) is 0 Å². The second-order valence-corrected chi connectivity index (χ2v) is 10.2. The standard InChI is InChI=1S/C24H26P.BrH/c1-3-4-18-25(23-14-7-5-8-15-23,24-16-9-6-10-17-24)20-22-13-11-12-21(2)19-22;/h3-17,19H,18,20H2,1-2H3;1H/q+1;/p-1/b4-3+;. The van der Waals surface area contributed by atoms with Gasteiger partial charge in [0.1, 0.15) is 0 Å². The van der Waals surface area contributed by atoms with Crippen molar-refractivity contribution in [2.45, 2.75) is 20.0 Å². The number of hydrogen-bond donors (Lipinski definition) is 0. The molecule has 3 aromatic carbocycles. The smallest absolute Gasteiger partial charge is 0.0998 e. The summed E-state index contributed by atoms with van der Waals surface area (Å²) < 4.78 is 0. The fourth-order valence-electron chi connectivity index (χ4n) is 3.44. The number of benzene rings is 3. The summed E-state index contributed by atoms with van der Waals surface area (Å²) in [6, 6.07) is 31.2. The first-order valence-electron chi connectivity index (χ1n) is 8.89. The van der Waals surface area contributed by atoms with Crippen LogP contribution >= 0.6 is 7.26 Å². The number of rotatable bonds is 6. The van der Waals surface area contributed by atoms with E-state index in [9.17, 15) is 0 Å². The molecule has 0 nitrogen and oxygen atoms in total. The van der Waals surface area contributed by atoms with Crippen LogP contribution in [0.25, 0.3) is 0 Å². The molecule has 0 saturated carbocycles. The molecule has 0 saturated heterocycles. The van der Waals surface area contributed by atoms with E-state index in [0.29, 0.717) is 0 Å². The van der Waals surface area contributed by atoms with Crippen molar-refractivity contribution < 1.29 is 17.0 Å². The number of halogens is 1. The quantitative estimate of drug-likeness (QED) is 0.421. The van der Waals surface area contributed by atoms with Gasteiger partial charge in [-0.2, -0.15) is 0 Å². The van der Waals surface area contributed by atoms with Gasteiger partial charge in [-0.1, -0.05) is 78.4 Å². The number of hydrogen-bond acceptors (Lipinski definition) is 0. The first-order valence-corrected chi connectivity index (χ1v) is 11.1. The summed E-state index contributed by atoms with van der Waals surface area (Å²) >= 11 is 0. The van der Waals surface area contributed by atoms with E-state index in [1.165, 1.54) is 21.7 Å². The van der Waals surface area contributed by atoms with Crippen LogP contribution in [0.15, 0.2) is 97.1 Å². The van der Waals surface area contributed by atoms with Gasteiger partial charge in [-0.25, -0.2) is 0 Å². The average molecular weight is 425 g/mol. The van der Waals surface area contributed by atoms with Crippen molar-refractivity contribution in [1.82, 2.24) is 0 Å². The highest BCUT2D eigenvalue weighted by atomic mass is 79.9. The molecule has 0 fully saturated rings. The van der Waals surface area contributed by atoms with Crippen molar-refractivity contribution in [1.29, 1.82) is 0 Å². The molecule has 0 aliphatic carbocycles. The summed E-state index contributed by atoms with van der Waals surface area (Å²) in [5.74, 6) is 0. The van der Waals surface area contributed by atoms with Gasteiger partial charge in [-0.05, 0) is 43.7 Å². The van der Waals surface area contributed by atoms with Gasteiger partial charge in [-0.15, -0.1) is 0 Å². The molecule has 0 unspecified atom stereocenters. The molecular weight excluding hydrogens is 399 g/mol. The Morgan fingerprint density at radius 1 is 0.769 bits per heavy atom. The molecule has 0 spiro atoms. The molecular formula is C24H26BrP. The van der Waals surface area contributed by atoms with E-state index in [1.807, 2.05) is 0 Å². The Kier molecular flexibility index (Phi) is 7.82. The molecule has 0 heterocycles. The Labute approximate surface area is 169 Å². The fraction of sp³-hybridized carbons (Fsp3) is 0.167. The third-order valence-electron chi connectivity index (χ3n) is 4.69. The van der Waals surface area contributed by atoms with E-state index in [-0.39, 0.29) is 17.0 Å². The van der Waals surface area contributed by atoms with E-state index in [1.54, 1.807) is 0 Å². The third-order valence-corrected chi connectivity index (χ3v) is 9.00. The lowest BCUT2D eigenvalue weighted by molar-refractivity contribution is -0.00000511. The van der Waals surface area contributed by atoms with Gasteiger partial charge in [-0.3, -0.25) is 0 Å². The van der Waals surface area contributed by atoms with E-state index >= 15 is 0 Å². The summed E-state index contributed by atoms with van der Waals surface area (Å²) in [5.41, 5.74) is 2.77. The highest BCUT2D eigenvalue weighted by molar-refractivity contribution is 7.89. The summed E-state index contributed by atoms with van der Waals surface area (Å²) in [6.45, 7) is 4.30. The molecule has 3 aromatic rings. The Hall–Kier alpha value is -1.69. The monoisotopic (exact) mass is 424 g/mol. The van der Waals surface area contributed by atoms with Crippen LogP contribution in [-0.4, -0.2) is 6.16 Å². The second kappa shape index (κ2) is 9.86. The van der Waals surface area contributed by atoms with Crippen molar-refractivity contribution in [2.75, 3.05) is 6.16 Å². The largest absolute Gasteiger partial charge is 1.00 e. The first kappa shape index (κ1) is 20.6. The molecule has 3 rings (SSSR count). The molecule has 0 aromatic heterocycles. The van der Waals surface area contributed by atoms with Gasteiger partial charge in [0.2, 0.25) is 0 Å². The molecule has 0 N–H and O–H groups in total. The van der Waals surface area contributed by atoms with Crippen molar-refractivity contribution >= 4 is 17.9 Å². The summed E-state index contributed by atoms with van der Waals surface area (Å²) in [6.07, 6.45) is 6.75. The molecule has 2 heteroatoms. The summed E-state index contributed by atoms with van der Waals surface area (Å²) in [7, 11) is -1.55. The highest BCUT2D eigenvalue weighted by Gasteiger charge is 2.41. The van der Waals surface area contributed by atoms with E-state index < -0.39 is 7.26 Å². The van der Waals surface area contributed by atoms with Crippen LogP contribution in [-0.2, 0) is 6.16 Å².